The van der Waals surface area contributed by atoms with Gasteiger partial charge >= 0.3 is 0 Å². The lowest BCUT2D eigenvalue weighted by atomic mass is 10.1. The van der Waals surface area contributed by atoms with Crippen LogP contribution in [0.5, 0.6) is 0 Å². The topological polar surface area (TPSA) is 12.0 Å². The van der Waals surface area contributed by atoms with Gasteiger partial charge < -0.3 is 5.32 Å². The molecule has 0 unspecified atom stereocenters. The van der Waals surface area contributed by atoms with Crippen LogP contribution in [0.3, 0.4) is 0 Å². The molecule has 0 aromatic heterocycles. The Morgan fingerprint density at radius 3 is 1.33 bits per heavy atom. The highest BCUT2D eigenvalue weighted by Crippen LogP contribution is 2.38. The first-order valence-corrected chi connectivity index (χ1v) is 13.7. The van der Waals surface area contributed by atoms with Gasteiger partial charge in [-0.15, -0.1) is 0 Å². The second-order valence-corrected chi connectivity index (χ2v) is 11.8. The van der Waals surface area contributed by atoms with Crippen LogP contribution in [0.1, 0.15) is 0 Å². The van der Waals surface area contributed by atoms with Gasteiger partial charge in [-0.1, -0.05) is 88.6 Å². The maximum atomic E-state index is 3.92. The van der Waals surface area contributed by atoms with Gasteiger partial charge in [0.1, 0.15) is 0 Å². The lowest BCUT2D eigenvalue weighted by Gasteiger charge is -2.22. The van der Waals surface area contributed by atoms with Crippen LogP contribution in [0.25, 0.3) is 21.5 Å². The summed E-state index contributed by atoms with van der Waals surface area (Å²) in [5.41, 5.74) is 2.55. The molecule has 0 saturated heterocycles. The minimum Gasteiger partial charge on any atom is -0.353 e. The Balaban J connectivity index is 2.00. The third-order valence-electron chi connectivity index (χ3n) is 5.03. The van der Waals surface area contributed by atoms with Crippen LogP contribution < -0.4 is 15.9 Å². The van der Waals surface area contributed by atoms with Gasteiger partial charge in [0.2, 0.25) is 0 Å². The Labute approximate surface area is 164 Å². The highest BCUT2D eigenvalue weighted by Gasteiger charge is 2.15. The fraction of sp³-hybridized carbons (Fsp3) is 0.167. The predicted octanol–water partition coefficient (Wildman–Crippen LogP) is 6.47. The van der Waals surface area contributed by atoms with Crippen LogP contribution in [0.4, 0.5) is 11.4 Å². The fourth-order valence-electron chi connectivity index (χ4n) is 3.65. The Kier molecular flexibility index (Phi) is 5.18. The van der Waals surface area contributed by atoms with Crippen molar-refractivity contribution in [3.8, 4) is 0 Å². The van der Waals surface area contributed by atoms with E-state index >= 15 is 0 Å². The van der Waals surface area contributed by atoms with Gasteiger partial charge in [-0.2, -0.15) is 0 Å². The zero-order valence-electron chi connectivity index (χ0n) is 16.3. The molecule has 0 amide bonds. The molecular weight excluding hydrogens is 364 g/mol. The Hall–Kier alpha value is -1.94. The SMILES string of the molecule is CP(C)c1ccc2ccccc2c1Nc1c(P(C)C)ccc2ccccc12. The molecule has 4 aromatic carbocycles. The second-order valence-electron chi connectivity index (χ2n) is 7.28. The molecule has 0 atom stereocenters. The van der Waals surface area contributed by atoms with E-state index in [0.717, 1.165) is 0 Å². The molecule has 0 aliphatic rings. The van der Waals surface area contributed by atoms with Gasteiger partial charge in [0.15, 0.2) is 0 Å². The van der Waals surface area contributed by atoms with E-state index < -0.39 is 0 Å². The molecule has 0 spiro atoms. The van der Waals surface area contributed by atoms with Gasteiger partial charge in [-0.05, 0) is 48.0 Å². The average Bonchev–Trinajstić information content (AvgIpc) is 2.68. The molecule has 0 radical (unpaired) electrons. The molecule has 0 aliphatic carbocycles. The van der Waals surface area contributed by atoms with Crippen LogP contribution >= 0.6 is 15.8 Å². The first-order chi connectivity index (χ1) is 13.1. The number of benzene rings is 4. The number of hydrogen-bond donors (Lipinski definition) is 1. The summed E-state index contributed by atoms with van der Waals surface area (Å²) in [4.78, 5) is 0. The molecule has 0 aliphatic heterocycles. The maximum absolute atomic E-state index is 3.92. The summed E-state index contributed by atoms with van der Waals surface area (Å²) < 4.78 is 0. The summed E-state index contributed by atoms with van der Waals surface area (Å²) >= 11 is 0. The number of nitrogens with one attached hydrogen (secondary N) is 1. The lowest BCUT2D eigenvalue weighted by Crippen LogP contribution is -2.13. The molecule has 0 fully saturated rings. The van der Waals surface area contributed by atoms with E-state index in [9.17, 15) is 0 Å². The van der Waals surface area contributed by atoms with E-state index in [4.69, 9.17) is 0 Å². The van der Waals surface area contributed by atoms with Crippen molar-refractivity contribution in [3.05, 3.63) is 72.8 Å². The standard InChI is InChI=1S/C24H25NP2/c1-26(2)21-15-13-17-9-5-7-11-19(17)23(21)25-24-20-12-8-6-10-18(20)14-16-22(24)27(3)4/h5-16,25H,1-4H3. The first-order valence-electron chi connectivity index (χ1n) is 9.21. The van der Waals surface area contributed by atoms with Crippen molar-refractivity contribution < 1.29 is 0 Å². The highest BCUT2D eigenvalue weighted by molar-refractivity contribution is 7.64. The molecular formula is C24H25NP2. The van der Waals surface area contributed by atoms with Crippen molar-refractivity contribution in [2.24, 2.45) is 0 Å². The first kappa shape index (κ1) is 18.4. The number of anilines is 2. The zero-order valence-corrected chi connectivity index (χ0v) is 18.1. The Morgan fingerprint density at radius 1 is 0.519 bits per heavy atom. The van der Waals surface area contributed by atoms with E-state index in [1.807, 2.05) is 0 Å². The normalized spacial score (nSPS) is 11.6. The summed E-state index contributed by atoms with van der Waals surface area (Å²) in [5.74, 6) is 0. The van der Waals surface area contributed by atoms with Crippen molar-refractivity contribution in [3.63, 3.8) is 0 Å². The Bertz CT molecular complexity index is 1030. The molecule has 1 nitrogen and oxygen atoms in total. The van der Waals surface area contributed by atoms with E-state index in [-0.39, 0.29) is 15.8 Å². The molecule has 4 aromatic rings. The van der Waals surface area contributed by atoms with Gasteiger partial charge in [0.25, 0.3) is 0 Å². The van der Waals surface area contributed by atoms with E-state index in [2.05, 4.69) is 105 Å². The number of fused-ring (bicyclic) bond motifs is 2. The monoisotopic (exact) mass is 389 g/mol. The summed E-state index contributed by atoms with van der Waals surface area (Å²) in [6, 6.07) is 26.5. The minimum absolute atomic E-state index is 0.211. The molecule has 0 bridgehead atoms. The van der Waals surface area contributed by atoms with Crippen LogP contribution in [-0.4, -0.2) is 26.7 Å². The molecule has 0 heterocycles. The van der Waals surface area contributed by atoms with Crippen LogP contribution in [-0.2, 0) is 0 Å². The largest absolute Gasteiger partial charge is 0.353 e. The van der Waals surface area contributed by atoms with Gasteiger partial charge in [-0.3, -0.25) is 0 Å². The second kappa shape index (κ2) is 7.59. The summed E-state index contributed by atoms with van der Waals surface area (Å²) in [7, 11) is -0.422. The Morgan fingerprint density at radius 2 is 0.926 bits per heavy atom. The third kappa shape index (κ3) is 3.47. The smallest absolute Gasteiger partial charge is 0.0542 e. The van der Waals surface area contributed by atoms with Crippen LogP contribution in [0.2, 0.25) is 0 Å². The number of rotatable bonds is 4. The predicted molar refractivity (Wildman–Crippen MR) is 128 cm³/mol. The fourth-order valence-corrected chi connectivity index (χ4v) is 5.65. The average molecular weight is 389 g/mol. The van der Waals surface area contributed by atoms with E-state index in [1.54, 1.807) is 0 Å². The molecule has 136 valence electrons. The maximum Gasteiger partial charge on any atom is 0.0542 e. The highest BCUT2D eigenvalue weighted by atomic mass is 31.1. The number of hydrogen-bond acceptors (Lipinski definition) is 1. The van der Waals surface area contributed by atoms with Crippen LogP contribution in [0.15, 0.2) is 72.8 Å². The molecule has 27 heavy (non-hydrogen) atoms. The summed E-state index contributed by atoms with van der Waals surface area (Å²) in [6.45, 7) is 9.34. The summed E-state index contributed by atoms with van der Waals surface area (Å²) in [5, 5.41) is 12.0. The van der Waals surface area contributed by atoms with Crippen molar-refractivity contribution in [2.75, 3.05) is 32.0 Å². The van der Waals surface area contributed by atoms with Gasteiger partial charge in [-0.25, -0.2) is 0 Å². The van der Waals surface area contributed by atoms with Crippen LogP contribution in [0, 0.1) is 0 Å². The van der Waals surface area contributed by atoms with Gasteiger partial charge in [0, 0.05) is 10.8 Å². The van der Waals surface area contributed by atoms with E-state index in [0.29, 0.717) is 0 Å². The van der Waals surface area contributed by atoms with Crippen molar-refractivity contribution in [1.29, 1.82) is 0 Å². The third-order valence-corrected chi connectivity index (χ3v) is 7.70. The molecule has 4 rings (SSSR count). The molecule has 3 heteroatoms. The van der Waals surface area contributed by atoms with Crippen molar-refractivity contribution in [2.45, 2.75) is 0 Å². The summed E-state index contributed by atoms with van der Waals surface area (Å²) in [6.07, 6.45) is 0. The lowest BCUT2D eigenvalue weighted by molar-refractivity contribution is 1.65. The molecule has 1 N–H and O–H groups in total. The van der Waals surface area contributed by atoms with Crippen molar-refractivity contribution in [1.82, 2.24) is 0 Å². The minimum atomic E-state index is -0.211. The van der Waals surface area contributed by atoms with E-state index in [1.165, 1.54) is 43.5 Å². The molecule has 0 saturated carbocycles. The zero-order chi connectivity index (χ0) is 19.0. The quantitative estimate of drug-likeness (QED) is 0.395. The van der Waals surface area contributed by atoms with Gasteiger partial charge in [0.05, 0.1) is 11.4 Å². The van der Waals surface area contributed by atoms with Crippen molar-refractivity contribution >= 4 is 59.4 Å².